The monoisotopic (exact) mass is 425 g/mol. The number of sulfonamides is 1. The number of amides is 1. The molecule has 1 aliphatic carbocycles. The molecule has 1 N–H and O–H groups in total. The van der Waals surface area contributed by atoms with Gasteiger partial charge >= 0.3 is 0 Å². The number of nitrogens with zero attached hydrogens (tertiary/aromatic N) is 4. The highest BCUT2D eigenvalue weighted by Gasteiger charge is 2.50. The lowest BCUT2D eigenvalue weighted by atomic mass is 9.71. The fourth-order valence-corrected chi connectivity index (χ4v) is 6.12. The van der Waals surface area contributed by atoms with Gasteiger partial charge in [0.05, 0.1) is 10.6 Å². The second kappa shape index (κ2) is 6.88. The molecule has 0 unspecified atom stereocenters. The van der Waals surface area contributed by atoms with E-state index in [0.29, 0.717) is 34.9 Å². The molecule has 3 atom stereocenters. The summed E-state index contributed by atoms with van der Waals surface area (Å²) in [6.45, 7) is 4.65. The summed E-state index contributed by atoms with van der Waals surface area (Å²) in [6, 6.07) is 8.66. The summed E-state index contributed by atoms with van der Waals surface area (Å²) in [5.41, 5.74) is 2.65. The minimum absolute atomic E-state index is 0.0428. The van der Waals surface area contributed by atoms with Crippen molar-refractivity contribution in [2.75, 3.05) is 13.1 Å². The van der Waals surface area contributed by atoms with Gasteiger partial charge in [-0.25, -0.2) is 17.9 Å². The van der Waals surface area contributed by atoms with E-state index in [1.165, 1.54) is 0 Å². The van der Waals surface area contributed by atoms with Crippen molar-refractivity contribution in [3.63, 3.8) is 0 Å². The first-order valence-corrected chi connectivity index (χ1v) is 11.5. The Balaban J connectivity index is 1.30. The van der Waals surface area contributed by atoms with Crippen LogP contribution in [0, 0.1) is 25.7 Å². The van der Waals surface area contributed by atoms with Gasteiger partial charge in [0.15, 0.2) is 5.65 Å². The van der Waals surface area contributed by atoms with Gasteiger partial charge in [0.1, 0.15) is 5.56 Å². The van der Waals surface area contributed by atoms with Gasteiger partial charge in [0.2, 0.25) is 10.0 Å². The molecule has 1 aliphatic heterocycles. The van der Waals surface area contributed by atoms with Gasteiger partial charge in [0.25, 0.3) is 5.91 Å². The number of rotatable bonds is 4. The van der Waals surface area contributed by atoms with E-state index in [9.17, 15) is 13.2 Å². The predicted octanol–water partition coefficient (Wildman–Crippen LogP) is 1.79. The second-order valence-corrected chi connectivity index (χ2v) is 10.2. The summed E-state index contributed by atoms with van der Waals surface area (Å²) < 4.78 is 29.1. The molecule has 3 aromatic rings. The first-order valence-electron chi connectivity index (χ1n) is 10.0. The largest absolute Gasteiger partial charge is 0.349 e. The molecule has 1 saturated carbocycles. The van der Waals surface area contributed by atoms with Crippen LogP contribution in [-0.2, 0) is 10.0 Å². The molecule has 8 nitrogen and oxygen atoms in total. The molecule has 156 valence electrons. The molecule has 2 fully saturated rings. The molecule has 5 rings (SSSR count). The van der Waals surface area contributed by atoms with Crippen LogP contribution in [0.3, 0.4) is 0 Å². The van der Waals surface area contributed by atoms with Crippen LogP contribution in [0.2, 0.25) is 0 Å². The van der Waals surface area contributed by atoms with E-state index in [2.05, 4.69) is 15.4 Å². The molecule has 2 aromatic heterocycles. The Hall–Kier alpha value is -2.78. The molecule has 30 heavy (non-hydrogen) atoms. The number of hydrogen-bond acceptors (Lipinski definition) is 5. The minimum Gasteiger partial charge on any atom is -0.349 e. The van der Waals surface area contributed by atoms with E-state index in [1.54, 1.807) is 46.3 Å². The van der Waals surface area contributed by atoms with Crippen molar-refractivity contribution < 1.29 is 13.2 Å². The third-order valence-electron chi connectivity index (χ3n) is 6.30. The first-order chi connectivity index (χ1) is 14.3. The predicted molar refractivity (Wildman–Crippen MR) is 111 cm³/mol. The smallest absolute Gasteiger partial charge is 0.257 e. The first kappa shape index (κ1) is 19.2. The van der Waals surface area contributed by atoms with E-state index in [1.807, 2.05) is 19.1 Å². The molecule has 0 radical (unpaired) electrons. The lowest BCUT2D eigenvalue weighted by molar-refractivity contribution is 0.0833. The van der Waals surface area contributed by atoms with Crippen LogP contribution in [0.4, 0.5) is 0 Å². The van der Waals surface area contributed by atoms with Crippen molar-refractivity contribution in [3.8, 4) is 0 Å². The maximum Gasteiger partial charge on any atom is 0.257 e. The van der Waals surface area contributed by atoms with Crippen molar-refractivity contribution >= 4 is 21.6 Å². The van der Waals surface area contributed by atoms with E-state index in [0.717, 1.165) is 12.0 Å². The minimum atomic E-state index is -3.51. The highest BCUT2D eigenvalue weighted by molar-refractivity contribution is 7.89. The zero-order valence-electron chi connectivity index (χ0n) is 16.8. The molecule has 0 bridgehead atoms. The summed E-state index contributed by atoms with van der Waals surface area (Å²) in [6.07, 6.45) is 4.18. The average molecular weight is 426 g/mol. The highest BCUT2D eigenvalue weighted by atomic mass is 32.2. The number of carbonyl (C=O) groups is 1. The molecular formula is C21H23N5O3S. The summed E-state index contributed by atoms with van der Waals surface area (Å²) in [4.78, 5) is 17.5. The topological polar surface area (TPSA) is 96.7 Å². The Labute approximate surface area is 175 Å². The quantitative estimate of drug-likeness (QED) is 0.687. The zero-order chi connectivity index (χ0) is 21.0. The van der Waals surface area contributed by atoms with Crippen LogP contribution in [-0.4, -0.2) is 52.4 Å². The van der Waals surface area contributed by atoms with Crippen LogP contribution in [0.5, 0.6) is 0 Å². The van der Waals surface area contributed by atoms with Gasteiger partial charge in [-0.3, -0.25) is 4.79 Å². The number of aromatic nitrogens is 3. The molecule has 1 saturated heterocycles. The van der Waals surface area contributed by atoms with Gasteiger partial charge in [-0.15, -0.1) is 0 Å². The number of carbonyl (C=O) groups excluding carboxylic acids is 1. The Morgan fingerprint density at radius 2 is 1.93 bits per heavy atom. The van der Waals surface area contributed by atoms with Crippen LogP contribution >= 0.6 is 0 Å². The van der Waals surface area contributed by atoms with Crippen molar-refractivity contribution in [1.82, 2.24) is 24.2 Å². The lowest BCUT2D eigenvalue weighted by Gasteiger charge is -2.39. The molecule has 1 aromatic carbocycles. The maximum absolute atomic E-state index is 13.0. The molecule has 0 spiro atoms. The van der Waals surface area contributed by atoms with Gasteiger partial charge < -0.3 is 5.32 Å². The van der Waals surface area contributed by atoms with E-state index in [4.69, 9.17) is 0 Å². The Bertz CT molecular complexity index is 1240. The van der Waals surface area contributed by atoms with Gasteiger partial charge in [-0.05, 0) is 50.3 Å². The number of fused-ring (bicyclic) bond motifs is 2. The van der Waals surface area contributed by atoms with Crippen molar-refractivity contribution in [3.05, 3.63) is 59.5 Å². The number of benzene rings is 1. The maximum atomic E-state index is 13.0. The van der Waals surface area contributed by atoms with E-state index < -0.39 is 10.0 Å². The summed E-state index contributed by atoms with van der Waals surface area (Å²) in [7, 11) is -3.51. The summed E-state index contributed by atoms with van der Waals surface area (Å²) >= 11 is 0. The number of nitrogens with one attached hydrogen (secondary N) is 1. The summed E-state index contributed by atoms with van der Waals surface area (Å²) in [5.74, 6) is 0.201. The molecular weight excluding hydrogens is 402 g/mol. The Morgan fingerprint density at radius 1 is 1.17 bits per heavy atom. The Kier molecular flexibility index (Phi) is 4.41. The van der Waals surface area contributed by atoms with Crippen molar-refractivity contribution in [1.29, 1.82) is 0 Å². The van der Waals surface area contributed by atoms with Crippen LogP contribution in [0.15, 0.2) is 47.6 Å². The van der Waals surface area contributed by atoms with Crippen molar-refractivity contribution in [2.45, 2.75) is 31.2 Å². The third-order valence-corrected chi connectivity index (χ3v) is 8.15. The lowest BCUT2D eigenvalue weighted by Crippen LogP contribution is -2.52. The SMILES string of the molecule is Cc1ccc(S(=O)(=O)N2C[C@H]3C[C@H](NC(=O)c4c(C)nn5cccnc45)[C@H]3C2)cc1. The van der Waals surface area contributed by atoms with Crippen LogP contribution in [0.1, 0.15) is 28.0 Å². The molecule has 2 aliphatic rings. The molecule has 1 amide bonds. The highest BCUT2D eigenvalue weighted by Crippen LogP contribution is 2.43. The van der Waals surface area contributed by atoms with Crippen molar-refractivity contribution in [2.24, 2.45) is 11.8 Å². The van der Waals surface area contributed by atoms with Crippen LogP contribution < -0.4 is 5.32 Å². The summed E-state index contributed by atoms with van der Waals surface area (Å²) in [5, 5.41) is 7.43. The third kappa shape index (κ3) is 3.00. The normalized spacial score (nSPS) is 23.9. The second-order valence-electron chi connectivity index (χ2n) is 8.22. The fraction of sp³-hybridized carbons (Fsp3) is 0.381. The average Bonchev–Trinajstić information content (AvgIpc) is 3.23. The van der Waals surface area contributed by atoms with Crippen LogP contribution in [0.25, 0.3) is 5.65 Å². The number of aryl methyl sites for hydroxylation is 2. The van der Waals surface area contributed by atoms with Gasteiger partial charge in [-0.2, -0.15) is 9.40 Å². The fourth-order valence-electron chi connectivity index (χ4n) is 4.59. The van der Waals surface area contributed by atoms with Gasteiger partial charge in [-0.1, -0.05) is 17.7 Å². The van der Waals surface area contributed by atoms with E-state index >= 15 is 0 Å². The Morgan fingerprint density at radius 3 is 2.70 bits per heavy atom. The van der Waals surface area contributed by atoms with Gasteiger partial charge in [0, 0.05) is 31.5 Å². The standard InChI is InChI=1S/C21H23N5O3S/c1-13-4-6-16(7-5-13)30(28,29)25-11-15-10-18(17(15)12-25)23-21(27)19-14(2)24-26-9-3-8-22-20(19)26/h3-9,15,17-18H,10-12H2,1-2H3,(H,23,27)/t15-,17+,18+/m1/s1. The zero-order valence-corrected chi connectivity index (χ0v) is 17.6. The molecule has 9 heteroatoms. The molecule has 3 heterocycles. The van der Waals surface area contributed by atoms with E-state index in [-0.39, 0.29) is 23.8 Å². The number of hydrogen-bond donors (Lipinski definition) is 1.